The number of halogens is 1. The highest BCUT2D eigenvalue weighted by molar-refractivity contribution is 7.80. The normalized spacial score (nSPS) is 10.2. The molecule has 152 valence electrons. The van der Waals surface area contributed by atoms with Gasteiger partial charge in [0.25, 0.3) is 5.91 Å². The van der Waals surface area contributed by atoms with Crippen LogP contribution in [-0.4, -0.2) is 16.9 Å². The molecule has 0 saturated heterocycles. The van der Waals surface area contributed by atoms with Crippen LogP contribution >= 0.6 is 23.8 Å². The zero-order valence-corrected chi connectivity index (χ0v) is 17.6. The quantitative estimate of drug-likeness (QED) is 0.411. The van der Waals surface area contributed by atoms with Crippen molar-refractivity contribution in [3.05, 3.63) is 95.0 Å². The highest BCUT2D eigenvalue weighted by Gasteiger charge is 2.09. The Balaban J connectivity index is 1.44. The summed E-state index contributed by atoms with van der Waals surface area (Å²) in [5.41, 5.74) is 8.47. The van der Waals surface area contributed by atoms with Crippen LogP contribution in [0.4, 0.5) is 0 Å². The molecule has 0 aliphatic carbocycles. The zero-order chi connectivity index (χ0) is 21.3. The van der Waals surface area contributed by atoms with Gasteiger partial charge in [-0.2, -0.15) is 0 Å². The van der Waals surface area contributed by atoms with Crippen molar-refractivity contribution in [1.82, 2.24) is 16.2 Å². The fourth-order valence-electron chi connectivity index (χ4n) is 2.80. The van der Waals surface area contributed by atoms with E-state index in [9.17, 15) is 9.59 Å². The van der Waals surface area contributed by atoms with Gasteiger partial charge in [-0.25, -0.2) is 0 Å². The van der Waals surface area contributed by atoms with E-state index < -0.39 is 0 Å². The first-order valence-corrected chi connectivity index (χ1v) is 10.1. The monoisotopic (exact) mass is 437 g/mol. The summed E-state index contributed by atoms with van der Waals surface area (Å²) >= 11 is 11.1. The first-order valence-electron chi connectivity index (χ1n) is 9.32. The molecule has 0 saturated carbocycles. The molecule has 0 aliphatic rings. The zero-order valence-electron chi connectivity index (χ0n) is 16.0. The fourth-order valence-corrected chi connectivity index (χ4v) is 3.20. The van der Waals surface area contributed by atoms with E-state index in [2.05, 4.69) is 16.2 Å². The van der Waals surface area contributed by atoms with E-state index in [4.69, 9.17) is 23.8 Å². The van der Waals surface area contributed by atoms with Gasteiger partial charge in [-0.3, -0.25) is 20.4 Å². The first kappa shape index (κ1) is 21.5. The second kappa shape index (κ2) is 10.5. The van der Waals surface area contributed by atoms with Gasteiger partial charge in [-0.15, -0.1) is 0 Å². The average Bonchev–Trinajstić information content (AvgIpc) is 2.77. The molecule has 5 nitrogen and oxygen atoms in total. The number of rotatable bonds is 5. The van der Waals surface area contributed by atoms with Crippen molar-refractivity contribution in [1.29, 1.82) is 0 Å². The predicted molar refractivity (Wildman–Crippen MR) is 123 cm³/mol. The molecule has 3 aromatic rings. The van der Waals surface area contributed by atoms with Crippen LogP contribution < -0.4 is 16.2 Å². The van der Waals surface area contributed by atoms with Crippen LogP contribution in [0.25, 0.3) is 11.1 Å². The van der Waals surface area contributed by atoms with Gasteiger partial charge >= 0.3 is 0 Å². The van der Waals surface area contributed by atoms with E-state index in [1.54, 1.807) is 18.2 Å². The minimum atomic E-state index is -0.359. The molecule has 0 atom stereocenters. The Morgan fingerprint density at radius 3 is 2.13 bits per heavy atom. The molecule has 3 N–H and O–H groups in total. The number of thiocarbonyl (C=S) groups is 1. The number of carbonyl (C=O) groups excluding carboxylic acids is 2. The van der Waals surface area contributed by atoms with Crippen molar-refractivity contribution in [3.8, 4) is 11.1 Å². The third-order valence-electron chi connectivity index (χ3n) is 4.38. The van der Waals surface area contributed by atoms with Crippen molar-refractivity contribution >= 4 is 40.7 Å². The molecule has 0 spiro atoms. The summed E-state index contributed by atoms with van der Waals surface area (Å²) in [6.45, 7) is 0. The number of hydrogen-bond acceptors (Lipinski definition) is 3. The van der Waals surface area contributed by atoms with Gasteiger partial charge in [0.2, 0.25) is 5.91 Å². The minimum Gasteiger partial charge on any atom is -0.302 e. The molecule has 0 bridgehead atoms. The Morgan fingerprint density at radius 1 is 0.800 bits per heavy atom. The SMILES string of the molecule is O=C(CCc1ccccc1Cl)NC(=S)NNC(=O)c1ccc(-c2ccccc2)cc1. The van der Waals surface area contributed by atoms with Gasteiger partial charge in [0.05, 0.1) is 0 Å². The number of hydrazine groups is 1. The molecule has 3 rings (SSSR count). The molecular weight excluding hydrogens is 418 g/mol. The molecule has 0 unspecified atom stereocenters. The average molecular weight is 438 g/mol. The summed E-state index contributed by atoms with van der Waals surface area (Å²) in [6, 6.07) is 24.4. The second-order valence-corrected chi connectivity index (χ2v) is 7.31. The maximum Gasteiger partial charge on any atom is 0.269 e. The number of hydrogen-bond donors (Lipinski definition) is 3. The van der Waals surface area contributed by atoms with E-state index in [-0.39, 0.29) is 23.3 Å². The predicted octanol–water partition coefficient (Wildman–Crippen LogP) is 4.28. The smallest absolute Gasteiger partial charge is 0.269 e. The van der Waals surface area contributed by atoms with Gasteiger partial charge in [-0.1, -0.05) is 72.3 Å². The first-order chi connectivity index (χ1) is 14.5. The standard InChI is InChI=1S/C23H20ClN3O2S/c24-20-9-5-4-8-18(20)14-15-21(28)25-23(30)27-26-22(29)19-12-10-17(11-13-19)16-6-2-1-3-7-16/h1-13H,14-15H2,(H,26,29)(H2,25,27,28,30). The van der Waals surface area contributed by atoms with Crippen LogP contribution in [0, 0.1) is 0 Å². The molecule has 7 heteroatoms. The van der Waals surface area contributed by atoms with Gasteiger partial charge in [0, 0.05) is 17.0 Å². The summed E-state index contributed by atoms with van der Waals surface area (Å²) in [6.07, 6.45) is 0.717. The lowest BCUT2D eigenvalue weighted by Gasteiger charge is -2.11. The fraction of sp³-hybridized carbons (Fsp3) is 0.0870. The Kier molecular flexibility index (Phi) is 7.54. The number of carbonyl (C=O) groups is 2. The molecule has 3 aromatic carbocycles. The van der Waals surface area contributed by atoms with E-state index in [1.165, 1.54) is 0 Å². The summed E-state index contributed by atoms with van der Waals surface area (Å²) in [5.74, 6) is -0.629. The third kappa shape index (κ3) is 6.14. The van der Waals surface area contributed by atoms with Crippen molar-refractivity contribution in [2.75, 3.05) is 0 Å². The minimum absolute atomic E-state index is 0.0217. The largest absolute Gasteiger partial charge is 0.302 e. The van der Waals surface area contributed by atoms with E-state index in [0.717, 1.165) is 16.7 Å². The summed E-state index contributed by atoms with van der Waals surface area (Å²) < 4.78 is 0. The molecular formula is C23H20ClN3O2S. The Labute approximate surface area is 185 Å². The van der Waals surface area contributed by atoms with E-state index in [0.29, 0.717) is 17.0 Å². The molecule has 0 aliphatic heterocycles. The van der Waals surface area contributed by atoms with Gasteiger partial charge in [-0.05, 0) is 53.5 Å². The number of amides is 2. The van der Waals surface area contributed by atoms with Crippen LogP contribution in [0.3, 0.4) is 0 Å². The molecule has 0 heterocycles. The maximum absolute atomic E-state index is 12.3. The second-order valence-electron chi connectivity index (χ2n) is 6.49. The summed E-state index contributed by atoms with van der Waals surface area (Å²) in [7, 11) is 0. The third-order valence-corrected chi connectivity index (χ3v) is 4.95. The van der Waals surface area contributed by atoms with Crippen molar-refractivity contribution in [2.45, 2.75) is 12.8 Å². The lowest BCUT2D eigenvalue weighted by Crippen LogP contribution is -2.48. The molecule has 2 amide bonds. The van der Waals surface area contributed by atoms with E-state index >= 15 is 0 Å². The number of nitrogens with one attached hydrogen (secondary N) is 3. The Morgan fingerprint density at radius 2 is 1.43 bits per heavy atom. The van der Waals surface area contributed by atoms with Crippen LogP contribution in [0.5, 0.6) is 0 Å². The van der Waals surface area contributed by atoms with E-state index in [1.807, 2.05) is 60.7 Å². The highest BCUT2D eigenvalue weighted by Crippen LogP contribution is 2.19. The van der Waals surface area contributed by atoms with Crippen molar-refractivity contribution < 1.29 is 9.59 Å². The van der Waals surface area contributed by atoms with Crippen LogP contribution in [0.2, 0.25) is 5.02 Å². The van der Waals surface area contributed by atoms with Crippen LogP contribution in [0.15, 0.2) is 78.9 Å². The number of benzene rings is 3. The summed E-state index contributed by atoms with van der Waals surface area (Å²) in [4.78, 5) is 24.3. The van der Waals surface area contributed by atoms with Crippen molar-refractivity contribution in [3.63, 3.8) is 0 Å². The molecule has 30 heavy (non-hydrogen) atoms. The van der Waals surface area contributed by atoms with Crippen molar-refractivity contribution in [2.24, 2.45) is 0 Å². The highest BCUT2D eigenvalue weighted by atomic mass is 35.5. The Hall–Kier alpha value is -3.22. The number of aryl methyl sites for hydroxylation is 1. The Bertz CT molecular complexity index is 1040. The molecule has 0 fully saturated rings. The lowest BCUT2D eigenvalue weighted by molar-refractivity contribution is -0.119. The maximum atomic E-state index is 12.3. The summed E-state index contributed by atoms with van der Waals surface area (Å²) in [5, 5.41) is 3.17. The molecule has 0 radical (unpaired) electrons. The lowest BCUT2D eigenvalue weighted by atomic mass is 10.0. The topological polar surface area (TPSA) is 70.2 Å². The van der Waals surface area contributed by atoms with Gasteiger partial charge < -0.3 is 5.32 Å². The van der Waals surface area contributed by atoms with Crippen LogP contribution in [-0.2, 0) is 11.2 Å². The van der Waals surface area contributed by atoms with Gasteiger partial charge in [0.1, 0.15) is 0 Å². The van der Waals surface area contributed by atoms with Gasteiger partial charge in [0.15, 0.2) is 5.11 Å². The van der Waals surface area contributed by atoms with Crippen LogP contribution in [0.1, 0.15) is 22.3 Å². The molecule has 0 aromatic heterocycles.